The highest BCUT2D eigenvalue weighted by Gasteiger charge is 2.19. The summed E-state index contributed by atoms with van der Waals surface area (Å²) in [7, 11) is 0. The Labute approximate surface area is 192 Å². The number of hydrogen-bond acceptors (Lipinski definition) is 5. The number of carbonyl (C=O) groups excluding carboxylic acids is 1. The van der Waals surface area contributed by atoms with Crippen LogP contribution in [0.1, 0.15) is 15.9 Å². The van der Waals surface area contributed by atoms with Gasteiger partial charge in [-0.25, -0.2) is 4.98 Å². The number of para-hydroxylation sites is 1. The van der Waals surface area contributed by atoms with Crippen LogP contribution in [-0.4, -0.2) is 15.8 Å². The van der Waals surface area contributed by atoms with Crippen LogP contribution in [0.3, 0.4) is 0 Å². The number of benzene rings is 3. The van der Waals surface area contributed by atoms with Crippen LogP contribution in [0.2, 0.25) is 0 Å². The Hall–Kier alpha value is -2.62. The molecular weight excluding hydrogens is 534 g/mol. The second kappa shape index (κ2) is 8.25. The van der Waals surface area contributed by atoms with Crippen LogP contribution in [0, 0.1) is 17.0 Å². The van der Waals surface area contributed by atoms with E-state index in [9.17, 15) is 14.9 Å². The van der Waals surface area contributed by atoms with Crippen molar-refractivity contribution in [3.63, 3.8) is 0 Å². The first-order valence-electron chi connectivity index (χ1n) is 8.75. The van der Waals surface area contributed by atoms with Crippen molar-refractivity contribution in [2.75, 3.05) is 5.32 Å². The van der Waals surface area contributed by atoms with Gasteiger partial charge in [-0.1, -0.05) is 34.1 Å². The minimum absolute atomic E-state index is 0.0936. The van der Waals surface area contributed by atoms with E-state index in [2.05, 4.69) is 37.2 Å². The smallest absolute Gasteiger partial charge is 0.273 e. The van der Waals surface area contributed by atoms with Gasteiger partial charge in [0.25, 0.3) is 11.6 Å². The van der Waals surface area contributed by atoms with Crippen LogP contribution in [0.25, 0.3) is 20.8 Å². The quantitative estimate of drug-likeness (QED) is 0.221. The van der Waals surface area contributed by atoms with Crippen LogP contribution in [0.15, 0.2) is 63.5 Å². The van der Waals surface area contributed by atoms with Crippen molar-refractivity contribution in [2.24, 2.45) is 0 Å². The molecule has 0 atom stereocenters. The summed E-state index contributed by atoms with van der Waals surface area (Å²) < 4.78 is 2.53. The number of rotatable bonds is 4. The van der Waals surface area contributed by atoms with Gasteiger partial charge in [0, 0.05) is 31.7 Å². The Morgan fingerprint density at radius 1 is 1.13 bits per heavy atom. The Morgan fingerprint density at radius 2 is 1.90 bits per heavy atom. The standard InChI is InChI=1S/C21H13Br2N3O3S/c1-11-6-7-12(8-17(11)26(28)29)20(27)25-19-14(9-13(22)10-15(19)23)21-24-16-4-2-3-5-18(16)30-21/h2-10H,1H3,(H,25,27). The molecule has 0 aliphatic carbocycles. The molecule has 0 fully saturated rings. The third kappa shape index (κ3) is 4.00. The minimum Gasteiger partial charge on any atom is -0.320 e. The zero-order valence-electron chi connectivity index (χ0n) is 15.5. The predicted molar refractivity (Wildman–Crippen MR) is 126 cm³/mol. The molecule has 0 unspecified atom stereocenters. The summed E-state index contributed by atoms with van der Waals surface area (Å²) in [6.07, 6.45) is 0. The van der Waals surface area contributed by atoms with Gasteiger partial charge in [0.15, 0.2) is 0 Å². The number of carbonyl (C=O) groups is 1. The fourth-order valence-corrected chi connectivity index (χ4v) is 5.30. The normalized spacial score (nSPS) is 10.9. The Morgan fingerprint density at radius 3 is 2.63 bits per heavy atom. The second-order valence-electron chi connectivity index (χ2n) is 6.51. The molecule has 0 saturated carbocycles. The maximum Gasteiger partial charge on any atom is 0.273 e. The zero-order valence-corrected chi connectivity index (χ0v) is 19.5. The van der Waals surface area contributed by atoms with Crippen molar-refractivity contribution in [3.05, 3.63) is 84.8 Å². The van der Waals surface area contributed by atoms with Gasteiger partial charge >= 0.3 is 0 Å². The van der Waals surface area contributed by atoms with Crippen LogP contribution in [0.5, 0.6) is 0 Å². The number of nitrogens with one attached hydrogen (secondary N) is 1. The van der Waals surface area contributed by atoms with Gasteiger partial charge in [-0.2, -0.15) is 0 Å². The summed E-state index contributed by atoms with van der Waals surface area (Å²) >= 11 is 8.53. The Balaban J connectivity index is 1.77. The third-order valence-electron chi connectivity index (χ3n) is 4.49. The van der Waals surface area contributed by atoms with Crippen molar-refractivity contribution in [2.45, 2.75) is 6.92 Å². The van der Waals surface area contributed by atoms with Crippen molar-refractivity contribution in [1.82, 2.24) is 4.98 Å². The van der Waals surface area contributed by atoms with Crippen LogP contribution >= 0.6 is 43.2 Å². The number of nitrogens with zero attached hydrogens (tertiary/aromatic N) is 2. The Kier molecular flexibility index (Phi) is 5.68. The first kappa shape index (κ1) is 20.6. The van der Waals surface area contributed by atoms with Crippen molar-refractivity contribution < 1.29 is 9.72 Å². The summed E-state index contributed by atoms with van der Waals surface area (Å²) in [6.45, 7) is 1.64. The van der Waals surface area contributed by atoms with Gasteiger partial charge in [0.2, 0.25) is 0 Å². The van der Waals surface area contributed by atoms with E-state index < -0.39 is 10.8 Å². The van der Waals surface area contributed by atoms with Gasteiger partial charge in [0.1, 0.15) is 5.01 Å². The SMILES string of the molecule is Cc1ccc(C(=O)Nc2c(Br)cc(Br)cc2-c2nc3ccccc3s2)cc1[N+](=O)[O-]. The molecule has 4 rings (SSSR count). The zero-order chi connectivity index (χ0) is 21.4. The minimum atomic E-state index is -0.492. The first-order valence-corrected chi connectivity index (χ1v) is 11.1. The number of nitro benzene ring substituents is 1. The third-order valence-corrected chi connectivity index (χ3v) is 6.64. The highest BCUT2D eigenvalue weighted by atomic mass is 79.9. The molecule has 0 spiro atoms. The van der Waals surface area contributed by atoms with Gasteiger partial charge in [-0.15, -0.1) is 11.3 Å². The molecule has 0 aliphatic heterocycles. The number of aromatic nitrogens is 1. The summed E-state index contributed by atoms with van der Waals surface area (Å²) in [5, 5.41) is 14.9. The Bertz CT molecular complexity index is 1290. The molecule has 3 aromatic carbocycles. The van der Waals surface area contributed by atoms with E-state index in [1.54, 1.807) is 19.1 Å². The highest BCUT2D eigenvalue weighted by molar-refractivity contribution is 9.11. The van der Waals surface area contributed by atoms with E-state index in [1.165, 1.54) is 17.4 Å². The highest BCUT2D eigenvalue weighted by Crippen LogP contribution is 2.40. The summed E-state index contributed by atoms with van der Waals surface area (Å²) in [4.78, 5) is 28.3. The lowest BCUT2D eigenvalue weighted by Crippen LogP contribution is -2.13. The number of halogens is 2. The molecule has 1 aromatic heterocycles. The van der Waals surface area contributed by atoms with Crippen LogP contribution < -0.4 is 5.32 Å². The van der Waals surface area contributed by atoms with E-state index in [-0.39, 0.29) is 11.3 Å². The van der Waals surface area contributed by atoms with E-state index in [4.69, 9.17) is 4.98 Å². The predicted octanol–water partition coefficient (Wildman–Crippen LogP) is 6.96. The van der Waals surface area contributed by atoms with Gasteiger partial charge in [-0.3, -0.25) is 14.9 Å². The molecule has 9 heteroatoms. The maximum atomic E-state index is 12.9. The van der Waals surface area contributed by atoms with Gasteiger partial charge < -0.3 is 5.32 Å². The van der Waals surface area contributed by atoms with E-state index >= 15 is 0 Å². The average Bonchev–Trinajstić information content (AvgIpc) is 3.13. The molecule has 1 amide bonds. The monoisotopic (exact) mass is 545 g/mol. The molecule has 6 nitrogen and oxygen atoms in total. The topological polar surface area (TPSA) is 85.1 Å². The number of amides is 1. The number of aryl methyl sites for hydroxylation is 1. The lowest BCUT2D eigenvalue weighted by Gasteiger charge is -2.13. The van der Waals surface area contributed by atoms with Crippen molar-refractivity contribution in [1.29, 1.82) is 0 Å². The number of thiazole rings is 1. The van der Waals surface area contributed by atoms with E-state index in [1.807, 2.05) is 36.4 Å². The van der Waals surface area contributed by atoms with Crippen molar-refractivity contribution >= 4 is 70.7 Å². The number of hydrogen-bond donors (Lipinski definition) is 1. The van der Waals surface area contributed by atoms with E-state index in [0.717, 1.165) is 25.3 Å². The summed E-state index contributed by atoms with van der Waals surface area (Å²) in [6, 6.07) is 15.9. The fraction of sp³-hybridized carbons (Fsp3) is 0.0476. The number of nitro groups is 1. The number of fused-ring (bicyclic) bond motifs is 1. The molecule has 1 heterocycles. The van der Waals surface area contributed by atoms with E-state index in [0.29, 0.717) is 15.7 Å². The van der Waals surface area contributed by atoms with Crippen molar-refractivity contribution in [3.8, 4) is 10.6 Å². The largest absolute Gasteiger partial charge is 0.320 e. The lowest BCUT2D eigenvalue weighted by atomic mass is 10.1. The molecule has 0 bridgehead atoms. The maximum absolute atomic E-state index is 12.9. The average molecular weight is 547 g/mol. The lowest BCUT2D eigenvalue weighted by molar-refractivity contribution is -0.385. The molecule has 0 saturated heterocycles. The molecule has 1 N–H and O–H groups in total. The van der Waals surface area contributed by atoms with Gasteiger partial charge in [-0.05, 0) is 53.2 Å². The fourth-order valence-electron chi connectivity index (χ4n) is 2.99. The molecule has 0 radical (unpaired) electrons. The van der Waals surface area contributed by atoms with Crippen LogP contribution in [0.4, 0.5) is 11.4 Å². The van der Waals surface area contributed by atoms with Crippen LogP contribution in [-0.2, 0) is 0 Å². The molecule has 0 aliphatic rings. The molecular formula is C21H13Br2N3O3S. The molecule has 30 heavy (non-hydrogen) atoms. The van der Waals surface area contributed by atoms with Gasteiger partial charge in [0.05, 0.1) is 20.8 Å². The first-order chi connectivity index (χ1) is 14.3. The number of anilines is 1. The molecule has 4 aromatic rings. The summed E-state index contributed by atoms with van der Waals surface area (Å²) in [5.74, 6) is -0.441. The second-order valence-corrected chi connectivity index (χ2v) is 9.31. The summed E-state index contributed by atoms with van der Waals surface area (Å²) in [5.41, 5.74) is 2.77. The molecule has 150 valence electrons.